The van der Waals surface area contributed by atoms with E-state index in [0.29, 0.717) is 19.8 Å². The van der Waals surface area contributed by atoms with Gasteiger partial charge in [0.15, 0.2) is 0 Å². The predicted octanol–water partition coefficient (Wildman–Crippen LogP) is 5.85. The minimum absolute atomic E-state index is 0.161. The van der Waals surface area contributed by atoms with Crippen LogP contribution in [0.2, 0.25) is 0 Å². The number of ether oxygens (including phenoxy) is 3. The molecule has 0 fully saturated rings. The third-order valence-corrected chi connectivity index (χ3v) is 3.34. The SMILES string of the molecule is CC(C)(C)CC(COC(C)(C)C)(COC(C)(C)C)COC(C)(C)C. The summed E-state index contributed by atoms with van der Waals surface area (Å²) in [5.74, 6) is 0. The molecule has 0 heterocycles. The Morgan fingerprint density at radius 2 is 0.708 bits per heavy atom. The fourth-order valence-corrected chi connectivity index (χ4v) is 2.51. The molecule has 3 nitrogen and oxygen atoms in total. The first kappa shape index (κ1) is 23.9. The maximum Gasteiger partial charge on any atom is 0.0598 e. The molecular weight excluding hydrogens is 300 g/mol. The summed E-state index contributed by atoms with van der Waals surface area (Å²) in [6.07, 6.45) is 0.988. The standard InChI is InChI=1S/C21H44O3/c1-17(2,3)13-21(14-22-18(4,5)6,15-23-19(7,8)9)16-24-20(10,11)12/h13-16H2,1-12H3. The molecule has 0 bridgehead atoms. The van der Waals surface area contributed by atoms with Gasteiger partial charge < -0.3 is 14.2 Å². The summed E-state index contributed by atoms with van der Waals surface area (Å²) in [6, 6.07) is 0. The van der Waals surface area contributed by atoms with Gasteiger partial charge in [0.05, 0.1) is 36.6 Å². The molecule has 3 heteroatoms. The molecule has 0 amide bonds. The van der Waals surface area contributed by atoms with Gasteiger partial charge in [-0.25, -0.2) is 0 Å². The molecule has 0 aromatic rings. The lowest BCUT2D eigenvalue weighted by Gasteiger charge is -2.42. The number of rotatable bonds is 7. The van der Waals surface area contributed by atoms with Crippen LogP contribution in [0.15, 0.2) is 0 Å². The molecule has 0 aliphatic carbocycles. The van der Waals surface area contributed by atoms with Crippen LogP contribution in [0, 0.1) is 10.8 Å². The van der Waals surface area contributed by atoms with E-state index in [4.69, 9.17) is 14.2 Å². The van der Waals surface area contributed by atoms with Gasteiger partial charge in [0.25, 0.3) is 0 Å². The largest absolute Gasteiger partial charge is 0.375 e. The predicted molar refractivity (Wildman–Crippen MR) is 104 cm³/mol. The molecule has 0 N–H and O–H groups in total. The van der Waals surface area contributed by atoms with Crippen LogP contribution in [0.4, 0.5) is 0 Å². The van der Waals surface area contributed by atoms with E-state index in [9.17, 15) is 0 Å². The molecule has 24 heavy (non-hydrogen) atoms. The van der Waals surface area contributed by atoms with Crippen LogP contribution < -0.4 is 0 Å². The van der Waals surface area contributed by atoms with Crippen LogP contribution in [0.3, 0.4) is 0 Å². The second-order valence-corrected chi connectivity index (χ2v) is 11.4. The van der Waals surface area contributed by atoms with Crippen molar-refractivity contribution in [1.29, 1.82) is 0 Å². The maximum atomic E-state index is 6.21. The highest BCUT2D eigenvalue weighted by molar-refractivity contribution is 4.87. The summed E-state index contributed by atoms with van der Waals surface area (Å²) in [7, 11) is 0. The summed E-state index contributed by atoms with van der Waals surface area (Å²) in [5, 5.41) is 0. The second-order valence-electron chi connectivity index (χ2n) is 11.4. The molecule has 0 atom stereocenters. The number of hydrogen-bond donors (Lipinski definition) is 0. The van der Waals surface area contributed by atoms with E-state index >= 15 is 0 Å². The van der Waals surface area contributed by atoms with Crippen molar-refractivity contribution in [3.05, 3.63) is 0 Å². The lowest BCUT2D eigenvalue weighted by atomic mass is 9.74. The van der Waals surface area contributed by atoms with Crippen LogP contribution in [-0.4, -0.2) is 36.6 Å². The molecule has 0 saturated carbocycles. The molecule has 0 saturated heterocycles. The van der Waals surface area contributed by atoms with Crippen molar-refractivity contribution in [2.24, 2.45) is 10.8 Å². The smallest absolute Gasteiger partial charge is 0.0598 e. The monoisotopic (exact) mass is 344 g/mol. The molecule has 146 valence electrons. The summed E-state index contributed by atoms with van der Waals surface area (Å²) in [5.41, 5.74) is -0.512. The summed E-state index contributed by atoms with van der Waals surface area (Å²) in [4.78, 5) is 0. The minimum atomic E-state index is -0.174. The first-order valence-corrected chi connectivity index (χ1v) is 9.25. The van der Waals surface area contributed by atoms with E-state index in [1.807, 2.05) is 0 Å². The van der Waals surface area contributed by atoms with Crippen LogP contribution in [0.25, 0.3) is 0 Å². The first-order valence-electron chi connectivity index (χ1n) is 9.25. The highest BCUT2D eigenvalue weighted by atomic mass is 16.5. The Hall–Kier alpha value is -0.120. The van der Waals surface area contributed by atoms with Crippen molar-refractivity contribution in [3.8, 4) is 0 Å². The molecule has 0 radical (unpaired) electrons. The third kappa shape index (κ3) is 13.2. The van der Waals surface area contributed by atoms with Gasteiger partial charge in [-0.1, -0.05) is 20.8 Å². The average Bonchev–Trinajstić information content (AvgIpc) is 2.26. The van der Waals surface area contributed by atoms with E-state index < -0.39 is 0 Å². The lowest BCUT2D eigenvalue weighted by Crippen LogP contribution is -2.45. The summed E-state index contributed by atoms with van der Waals surface area (Å²) >= 11 is 0. The van der Waals surface area contributed by atoms with Crippen molar-refractivity contribution in [1.82, 2.24) is 0 Å². The Balaban J connectivity index is 5.44. The number of hydrogen-bond acceptors (Lipinski definition) is 3. The Bertz CT molecular complexity index is 313. The van der Waals surface area contributed by atoms with E-state index in [-0.39, 0.29) is 27.6 Å². The Morgan fingerprint density at radius 3 is 0.875 bits per heavy atom. The molecule has 0 spiro atoms. The molecule has 0 aliphatic rings. The van der Waals surface area contributed by atoms with Gasteiger partial charge in [0.2, 0.25) is 0 Å². The normalized spacial score (nSPS) is 15.0. The zero-order valence-corrected chi connectivity index (χ0v) is 18.6. The second kappa shape index (κ2) is 8.05. The van der Waals surface area contributed by atoms with Crippen molar-refractivity contribution < 1.29 is 14.2 Å². The minimum Gasteiger partial charge on any atom is -0.375 e. The van der Waals surface area contributed by atoms with Crippen LogP contribution in [0.5, 0.6) is 0 Å². The van der Waals surface area contributed by atoms with Gasteiger partial charge in [-0.15, -0.1) is 0 Å². The molecule has 0 rings (SSSR count). The van der Waals surface area contributed by atoms with Crippen LogP contribution in [-0.2, 0) is 14.2 Å². The van der Waals surface area contributed by atoms with Gasteiger partial charge >= 0.3 is 0 Å². The molecule has 0 aliphatic heterocycles. The van der Waals surface area contributed by atoms with E-state index in [2.05, 4.69) is 83.1 Å². The van der Waals surface area contributed by atoms with Crippen molar-refractivity contribution in [2.45, 2.75) is 106 Å². The van der Waals surface area contributed by atoms with Gasteiger partial charge in [-0.3, -0.25) is 0 Å². The first-order chi connectivity index (χ1) is 10.3. The lowest BCUT2D eigenvalue weighted by molar-refractivity contribution is -0.158. The van der Waals surface area contributed by atoms with Gasteiger partial charge in [-0.05, 0) is 74.1 Å². The summed E-state index contributed by atoms with van der Waals surface area (Å²) < 4.78 is 18.6. The van der Waals surface area contributed by atoms with Crippen molar-refractivity contribution in [2.75, 3.05) is 19.8 Å². The van der Waals surface area contributed by atoms with Gasteiger partial charge in [-0.2, -0.15) is 0 Å². The quantitative estimate of drug-likeness (QED) is 0.579. The summed E-state index contributed by atoms with van der Waals surface area (Å²) in [6.45, 7) is 27.6. The van der Waals surface area contributed by atoms with Crippen LogP contribution >= 0.6 is 0 Å². The maximum absolute atomic E-state index is 6.21. The molecular formula is C21H44O3. The Morgan fingerprint density at radius 1 is 0.458 bits per heavy atom. The zero-order chi connectivity index (χ0) is 19.4. The van der Waals surface area contributed by atoms with E-state index in [1.165, 1.54) is 0 Å². The van der Waals surface area contributed by atoms with E-state index in [1.54, 1.807) is 0 Å². The van der Waals surface area contributed by atoms with Crippen LogP contribution in [0.1, 0.15) is 89.5 Å². The van der Waals surface area contributed by atoms with E-state index in [0.717, 1.165) is 6.42 Å². The molecule has 0 unspecified atom stereocenters. The third-order valence-electron chi connectivity index (χ3n) is 3.34. The molecule has 0 aromatic carbocycles. The fourth-order valence-electron chi connectivity index (χ4n) is 2.51. The fraction of sp³-hybridized carbons (Fsp3) is 1.00. The topological polar surface area (TPSA) is 27.7 Å². The van der Waals surface area contributed by atoms with Gasteiger partial charge in [0.1, 0.15) is 0 Å². The zero-order valence-electron chi connectivity index (χ0n) is 18.6. The van der Waals surface area contributed by atoms with Gasteiger partial charge in [0, 0.05) is 5.41 Å². The average molecular weight is 345 g/mol. The Kier molecular flexibility index (Phi) is 8.01. The Labute approximate surface area is 151 Å². The highest BCUT2D eigenvalue weighted by Gasteiger charge is 2.39. The van der Waals surface area contributed by atoms with Crippen molar-refractivity contribution in [3.63, 3.8) is 0 Å². The van der Waals surface area contributed by atoms with Crippen molar-refractivity contribution >= 4 is 0 Å². The molecule has 0 aromatic heterocycles. The highest BCUT2D eigenvalue weighted by Crippen LogP contribution is 2.37.